The number of aromatic nitrogens is 3. The normalized spacial score (nSPS) is 10.4. The molecule has 0 radical (unpaired) electrons. The average Bonchev–Trinajstić information content (AvgIpc) is 2.75. The Morgan fingerprint density at radius 3 is 2.84 bits per heavy atom. The van der Waals surface area contributed by atoms with Gasteiger partial charge in [-0.15, -0.1) is 0 Å². The molecule has 2 heterocycles. The predicted octanol–water partition coefficient (Wildman–Crippen LogP) is 1.48. The van der Waals surface area contributed by atoms with Gasteiger partial charge in [-0.25, -0.2) is 9.78 Å². The van der Waals surface area contributed by atoms with Crippen molar-refractivity contribution in [3.8, 4) is 0 Å². The molecule has 2 N–H and O–H groups in total. The first-order valence-electron chi connectivity index (χ1n) is 5.99. The molecule has 0 saturated carbocycles. The van der Waals surface area contributed by atoms with Crippen LogP contribution in [0.3, 0.4) is 0 Å². The van der Waals surface area contributed by atoms with Crippen molar-refractivity contribution in [1.82, 2.24) is 14.8 Å². The first-order chi connectivity index (χ1) is 9.08. The summed E-state index contributed by atoms with van der Waals surface area (Å²) in [6.07, 6.45) is 2.49. The second kappa shape index (κ2) is 5.51. The predicted molar refractivity (Wildman–Crippen MR) is 71.3 cm³/mol. The number of hydrogen-bond acceptors (Lipinski definition) is 4. The standard InChI is InChI=1S/C13H16N4O2/c1-9-3-4-11(13(18)19)12(16-9)14-7-5-10-6-8-15-17(10)2/h3-4,6,8H,5,7H2,1-2H3,(H,14,16)(H,18,19). The summed E-state index contributed by atoms with van der Waals surface area (Å²) >= 11 is 0. The van der Waals surface area contributed by atoms with Crippen molar-refractivity contribution in [1.29, 1.82) is 0 Å². The number of aryl methyl sites for hydroxylation is 2. The fourth-order valence-corrected chi connectivity index (χ4v) is 1.82. The summed E-state index contributed by atoms with van der Waals surface area (Å²) in [5.41, 5.74) is 2.06. The van der Waals surface area contributed by atoms with Crippen LogP contribution in [0.2, 0.25) is 0 Å². The third-order valence-electron chi connectivity index (χ3n) is 2.86. The number of nitrogens with one attached hydrogen (secondary N) is 1. The molecule has 0 atom stereocenters. The summed E-state index contributed by atoms with van der Waals surface area (Å²) in [6.45, 7) is 2.44. The minimum atomic E-state index is -0.976. The van der Waals surface area contributed by atoms with E-state index in [1.807, 2.05) is 20.0 Å². The Morgan fingerprint density at radius 2 is 2.21 bits per heavy atom. The monoisotopic (exact) mass is 260 g/mol. The summed E-state index contributed by atoms with van der Waals surface area (Å²) in [7, 11) is 1.88. The minimum absolute atomic E-state index is 0.190. The van der Waals surface area contributed by atoms with Gasteiger partial charge in [0.1, 0.15) is 11.4 Å². The van der Waals surface area contributed by atoms with Crippen LogP contribution in [0.4, 0.5) is 5.82 Å². The summed E-state index contributed by atoms with van der Waals surface area (Å²) in [4.78, 5) is 15.3. The van der Waals surface area contributed by atoms with Crippen molar-refractivity contribution in [3.05, 3.63) is 41.3 Å². The second-order valence-corrected chi connectivity index (χ2v) is 4.28. The van der Waals surface area contributed by atoms with Gasteiger partial charge in [0.25, 0.3) is 0 Å². The summed E-state index contributed by atoms with van der Waals surface area (Å²) in [6, 6.07) is 5.19. The van der Waals surface area contributed by atoms with Gasteiger partial charge in [0.05, 0.1) is 0 Å². The maximum Gasteiger partial charge on any atom is 0.339 e. The van der Waals surface area contributed by atoms with E-state index in [9.17, 15) is 4.79 Å². The van der Waals surface area contributed by atoms with Gasteiger partial charge in [-0.05, 0) is 25.1 Å². The number of pyridine rings is 1. The van der Waals surface area contributed by atoms with E-state index in [0.717, 1.165) is 17.8 Å². The fraction of sp³-hybridized carbons (Fsp3) is 0.308. The summed E-state index contributed by atoms with van der Waals surface area (Å²) in [5.74, 6) is -0.565. The fourth-order valence-electron chi connectivity index (χ4n) is 1.82. The number of anilines is 1. The van der Waals surface area contributed by atoms with Crippen LogP contribution < -0.4 is 5.32 Å². The highest BCUT2D eigenvalue weighted by molar-refractivity contribution is 5.93. The van der Waals surface area contributed by atoms with E-state index in [2.05, 4.69) is 15.4 Å². The lowest BCUT2D eigenvalue weighted by Crippen LogP contribution is -2.13. The number of aromatic carboxylic acids is 1. The van der Waals surface area contributed by atoms with Crippen molar-refractivity contribution in [2.75, 3.05) is 11.9 Å². The molecule has 0 aromatic carbocycles. The highest BCUT2D eigenvalue weighted by atomic mass is 16.4. The molecule has 6 heteroatoms. The van der Waals surface area contributed by atoms with E-state index in [1.165, 1.54) is 0 Å². The van der Waals surface area contributed by atoms with Gasteiger partial charge >= 0.3 is 5.97 Å². The van der Waals surface area contributed by atoms with Crippen LogP contribution in [0.25, 0.3) is 0 Å². The average molecular weight is 260 g/mol. The van der Waals surface area contributed by atoms with E-state index >= 15 is 0 Å². The van der Waals surface area contributed by atoms with E-state index in [1.54, 1.807) is 23.0 Å². The van der Waals surface area contributed by atoms with Crippen molar-refractivity contribution in [3.63, 3.8) is 0 Å². The Morgan fingerprint density at radius 1 is 1.42 bits per heavy atom. The molecule has 100 valence electrons. The van der Waals surface area contributed by atoms with Crippen LogP contribution >= 0.6 is 0 Å². The lowest BCUT2D eigenvalue weighted by Gasteiger charge is -2.09. The van der Waals surface area contributed by atoms with Gasteiger partial charge in [0.2, 0.25) is 0 Å². The highest BCUT2D eigenvalue weighted by Gasteiger charge is 2.11. The number of carboxylic acids is 1. The summed E-state index contributed by atoms with van der Waals surface area (Å²) < 4.78 is 1.80. The number of nitrogens with zero attached hydrogens (tertiary/aromatic N) is 3. The van der Waals surface area contributed by atoms with E-state index in [0.29, 0.717) is 12.4 Å². The molecule has 0 bridgehead atoms. The number of rotatable bonds is 5. The van der Waals surface area contributed by atoms with Crippen LogP contribution in [-0.4, -0.2) is 32.4 Å². The largest absolute Gasteiger partial charge is 0.478 e. The molecule has 0 aliphatic heterocycles. The highest BCUT2D eigenvalue weighted by Crippen LogP contribution is 2.13. The Labute approximate surface area is 111 Å². The number of carbonyl (C=O) groups is 1. The first kappa shape index (κ1) is 13.1. The quantitative estimate of drug-likeness (QED) is 0.851. The number of hydrogen-bond donors (Lipinski definition) is 2. The zero-order chi connectivity index (χ0) is 13.8. The SMILES string of the molecule is Cc1ccc(C(=O)O)c(NCCc2ccnn2C)n1. The van der Waals surface area contributed by atoms with Crippen LogP contribution in [0.1, 0.15) is 21.7 Å². The molecule has 0 unspecified atom stereocenters. The zero-order valence-electron chi connectivity index (χ0n) is 10.9. The van der Waals surface area contributed by atoms with Crippen molar-refractivity contribution in [2.24, 2.45) is 7.05 Å². The molecule has 19 heavy (non-hydrogen) atoms. The van der Waals surface area contributed by atoms with Crippen LogP contribution in [-0.2, 0) is 13.5 Å². The van der Waals surface area contributed by atoms with Crippen LogP contribution in [0, 0.1) is 6.92 Å². The van der Waals surface area contributed by atoms with E-state index < -0.39 is 5.97 Å². The molecule has 0 aliphatic rings. The van der Waals surface area contributed by atoms with Crippen molar-refractivity contribution >= 4 is 11.8 Å². The number of carboxylic acid groups (broad SMARTS) is 1. The molecule has 2 rings (SSSR count). The van der Waals surface area contributed by atoms with Gasteiger partial charge in [-0.2, -0.15) is 5.10 Å². The molecular formula is C13H16N4O2. The van der Waals surface area contributed by atoms with Crippen LogP contribution in [0.15, 0.2) is 24.4 Å². The van der Waals surface area contributed by atoms with Gasteiger partial charge in [-0.1, -0.05) is 0 Å². The molecule has 0 fully saturated rings. The maximum atomic E-state index is 11.1. The van der Waals surface area contributed by atoms with E-state index in [4.69, 9.17) is 5.11 Å². The van der Waals surface area contributed by atoms with Crippen LogP contribution in [0.5, 0.6) is 0 Å². The molecule has 2 aromatic heterocycles. The molecular weight excluding hydrogens is 244 g/mol. The molecule has 0 aliphatic carbocycles. The zero-order valence-corrected chi connectivity index (χ0v) is 10.9. The third kappa shape index (κ3) is 3.09. The minimum Gasteiger partial charge on any atom is -0.478 e. The molecule has 6 nitrogen and oxygen atoms in total. The topological polar surface area (TPSA) is 80.0 Å². The maximum absolute atomic E-state index is 11.1. The van der Waals surface area contributed by atoms with Crippen molar-refractivity contribution in [2.45, 2.75) is 13.3 Å². The van der Waals surface area contributed by atoms with Crippen molar-refractivity contribution < 1.29 is 9.90 Å². The Balaban J connectivity index is 2.05. The third-order valence-corrected chi connectivity index (χ3v) is 2.86. The Kier molecular flexibility index (Phi) is 3.79. The smallest absolute Gasteiger partial charge is 0.339 e. The van der Waals surface area contributed by atoms with Gasteiger partial charge in [-0.3, -0.25) is 4.68 Å². The first-order valence-corrected chi connectivity index (χ1v) is 5.99. The summed E-state index contributed by atoms with van der Waals surface area (Å²) in [5, 5.41) is 16.2. The Bertz CT molecular complexity index is 592. The lowest BCUT2D eigenvalue weighted by atomic mass is 10.2. The second-order valence-electron chi connectivity index (χ2n) is 4.28. The van der Waals surface area contributed by atoms with Gasteiger partial charge in [0.15, 0.2) is 0 Å². The van der Waals surface area contributed by atoms with Gasteiger partial charge in [0, 0.05) is 37.6 Å². The molecule has 0 spiro atoms. The van der Waals surface area contributed by atoms with E-state index in [-0.39, 0.29) is 5.56 Å². The molecule has 0 amide bonds. The molecule has 0 saturated heterocycles. The lowest BCUT2D eigenvalue weighted by molar-refractivity contribution is 0.0697. The Hall–Kier alpha value is -2.37. The van der Waals surface area contributed by atoms with Gasteiger partial charge < -0.3 is 10.4 Å². The molecule has 2 aromatic rings.